The standard InChI is InChI=1S/C14H24N4O3S2/c1-23(19,20)18-4-2-3-16(5-6-18)12-13-11-15-14(22-13)17-7-9-21-10-8-17/h11H,2-10,12H2,1H3. The van der Waals surface area contributed by atoms with E-state index >= 15 is 0 Å². The molecule has 2 saturated heterocycles. The predicted molar refractivity (Wildman–Crippen MR) is 91.5 cm³/mol. The molecule has 0 bridgehead atoms. The Balaban J connectivity index is 1.56. The Morgan fingerprint density at radius 2 is 1.96 bits per heavy atom. The molecule has 0 saturated carbocycles. The second kappa shape index (κ2) is 7.43. The number of morpholine rings is 1. The molecule has 0 unspecified atom stereocenters. The van der Waals surface area contributed by atoms with Crippen molar-refractivity contribution in [3.05, 3.63) is 11.1 Å². The molecule has 0 aromatic carbocycles. The molecule has 23 heavy (non-hydrogen) atoms. The van der Waals surface area contributed by atoms with E-state index in [1.54, 1.807) is 15.6 Å². The molecule has 0 atom stereocenters. The van der Waals surface area contributed by atoms with Gasteiger partial charge in [0.2, 0.25) is 10.0 Å². The first-order valence-corrected chi connectivity index (χ1v) is 10.6. The van der Waals surface area contributed by atoms with Crippen molar-refractivity contribution < 1.29 is 13.2 Å². The number of ether oxygens (including phenoxy) is 1. The average molecular weight is 361 g/mol. The van der Waals surface area contributed by atoms with Crippen LogP contribution in [0.25, 0.3) is 0 Å². The molecule has 2 aliphatic heterocycles. The number of anilines is 1. The first-order chi connectivity index (χ1) is 11.0. The molecule has 9 heteroatoms. The van der Waals surface area contributed by atoms with Crippen molar-refractivity contribution in [2.75, 3.05) is 63.6 Å². The molecule has 1 aromatic heterocycles. The van der Waals surface area contributed by atoms with Crippen LogP contribution in [-0.4, -0.2) is 81.3 Å². The van der Waals surface area contributed by atoms with Gasteiger partial charge in [0.05, 0.1) is 19.5 Å². The highest BCUT2D eigenvalue weighted by molar-refractivity contribution is 7.88. The monoisotopic (exact) mass is 360 g/mol. The minimum absolute atomic E-state index is 0.577. The molecule has 1 aromatic rings. The third kappa shape index (κ3) is 4.63. The number of hydrogen-bond donors (Lipinski definition) is 0. The summed E-state index contributed by atoms with van der Waals surface area (Å²) < 4.78 is 30.3. The third-order valence-corrected chi connectivity index (χ3v) is 6.56. The lowest BCUT2D eigenvalue weighted by Crippen LogP contribution is -2.36. The van der Waals surface area contributed by atoms with Crippen LogP contribution in [0, 0.1) is 0 Å². The van der Waals surface area contributed by atoms with Gasteiger partial charge >= 0.3 is 0 Å². The maximum Gasteiger partial charge on any atom is 0.211 e. The SMILES string of the molecule is CS(=O)(=O)N1CCCN(Cc2cnc(N3CCOCC3)s2)CC1. The number of hydrogen-bond acceptors (Lipinski definition) is 7. The summed E-state index contributed by atoms with van der Waals surface area (Å²) >= 11 is 1.73. The van der Waals surface area contributed by atoms with Crippen LogP contribution in [-0.2, 0) is 21.3 Å². The Kier molecular flexibility index (Phi) is 5.53. The van der Waals surface area contributed by atoms with E-state index in [9.17, 15) is 8.42 Å². The fourth-order valence-electron chi connectivity index (χ4n) is 2.93. The highest BCUT2D eigenvalue weighted by Crippen LogP contribution is 2.24. The van der Waals surface area contributed by atoms with Crippen LogP contribution in [0.1, 0.15) is 11.3 Å². The number of thiazole rings is 1. The van der Waals surface area contributed by atoms with Gasteiger partial charge in [0.15, 0.2) is 5.13 Å². The Bertz CT molecular complexity index is 613. The average Bonchev–Trinajstić information content (AvgIpc) is 2.85. The summed E-state index contributed by atoms with van der Waals surface area (Å²) in [6.45, 7) is 7.09. The van der Waals surface area contributed by atoms with Crippen molar-refractivity contribution in [1.82, 2.24) is 14.2 Å². The number of aromatic nitrogens is 1. The maximum atomic E-state index is 11.7. The largest absolute Gasteiger partial charge is 0.378 e. The first kappa shape index (κ1) is 17.1. The molecule has 0 radical (unpaired) electrons. The lowest BCUT2D eigenvalue weighted by Gasteiger charge is -2.26. The van der Waals surface area contributed by atoms with Crippen LogP contribution in [0.3, 0.4) is 0 Å². The van der Waals surface area contributed by atoms with E-state index < -0.39 is 10.0 Å². The van der Waals surface area contributed by atoms with E-state index in [2.05, 4.69) is 14.8 Å². The number of nitrogens with zero attached hydrogens (tertiary/aromatic N) is 4. The van der Waals surface area contributed by atoms with E-state index in [1.807, 2.05) is 6.20 Å². The Morgan fingerprint density at radius 1 is 1.17 bits per heavy atom. The summed E-state index contributed by atoms with van der Waals surface area (Å²) in [5.41, 5.74) is 0. The summed E-state index contributed by atoms with van der Waals surface area (Å²) in [5.74, 6) is 0. The van der Waals surface area contributed by atoms with Gasteiger partial charge in [-0.15, -0.1) is 11.3 Å². The minimum atomic E-state index is -3.08. The molecule has 0 aliphatic carbocycles. The highest BCUT2D eigenvalue weighted by Gasteiger charge is 2.22. The zero-order valence-corrected chi connectivity index (χ0v) is 15.1. The minimum Gasteiger partial charge on any atom is -0.378 e. The summed E-state index contributed by atoms with van der Waals surface area (Å²) in [6, 6.07) is 0. The fourth-order valence-corrected chi connectivity index (χ4v) is 4.81. The Labute approximate surface area is 141 Å². The lowest BCUT2D eigenvalue weighted by atomic mass is 10.4. The first-order valence-electron chi connectivity index (χ1n) is 7.97. The van der Waals surface area contributed by atoms with Gasteiger partial charge in [0.25, 0.3) is 0 Å². The Hall–Kier alpha value is -0.740. The van der Waals surface area contributed by atoms with Crippen LogP contribution < -0.4 is 4.90 Å². The summed E-state index contributed by atoms with van der Waals surface area (Å²) in [4.78, 5) is 10.4. The maximum absolute atomic E-state index is 11.7. The summed E-state index contributed by atoms with van der Waals surface area (Å²) in [5, 5.41) is 1.07. The zero-order chi connectivity index (χ0) is 16.3. The lowest BCUT2D eigenvalue weighted by molar-refractivity contribution is 0.122. The normalized spacial score (nSPS) is 22.2. The van der Waals surface area contributed by atoms with E-state index in [0.29, 0.717) is 13.1 Å². The Morgan fingerprint density at radius 3 is 2.70 bits per heavy atom. The number of rotatable bonds is 4. The predicted octanol–water partition coefficient (Wildman–Crippen LogP) is 0.447. The van der Waals surface area contributed by atoms with Gasteiger partial charge in [0.1, 0.15) is 0 Å². The van der Waals surface area contributed by atoms with Crippen molar-refractivity contribution >= 4 is 26.5 Å². The molecule has 3 rings (SSSR count). The fraction of sp³-hybridized carbons (Fsp3) is 0.786. The van der Waals surface area contributed by atoms with E-state index in [1.165, 1.54) is 11.1 Å². The second-order valence-electron chi connectivity index (χ2n) is 6.00. The van der Waals surface area contributed by atoms with Gasteiger partial charge in [-0.2, -0.15) is 0 Å². The van der Waals surface area contributed by atoms with Crippen molar-refractivity contribution in [3.8, 4) is 0 Å². The van der Waals surface area contributed by atoms with Crippen LogP contribution >= 0.6 is 11.3 Å². The smallest absolute Gasteiger partial charge is 0.211 e. The van der Waals surface area contributed by atoms with Crippen LogP contribution in [0.2, 0.25) is 0 Å². The molecule has 2 aliphatic rings. The summed E-state index contributed by atoms with van der Waals surface area (Å²) in [7, 11) is -3.08. The van der Waals surface area contributed by atoms with Crippen LogP contribution in [0.4, 0.5) is 5.13 Å². The van der Waals surface area contributed by atoms with Crippen LogP contribution in [0.5, 0.6) is 0 Å². The van der Waals surface area contributed by atoms with Crippen molar-refractivity contribution in [2.45, 2.75) is 13.0 Å². The van der Waals surface area contributed by atoms with Gasteiger partial charge < -0.3 is 9.64 Å². The van der Waals surface area contributed by atoms with E-state index in [4.69, 9.17) is 4.74 Å². The molecule has 3 heterocycles. The zero-order valence-electron chi connectivity index (χ0n) is 13.5. The van der Waals surface area contributed by atoms with Crippen molar-refractivity contribution in [3.63, 3.8) is 0 Å². The van der Waals surface area contributed by atoms with Crippen molar-refractivity contribution in [1.29, 1.82) is 0 Å². The highest BCUT2D eigenvalue weighted by atomic mass is 32.2. The molecule has 130 valence electrons. The van der Waals surface area contributed by atoms with Gasteiger partial charge in [-0.25, -0.2) is 17.7 Å². The van der Waals surface area contributed by atoms with E-state index in [0.717, 1.165) is 57.5 Å². The molecule has 2 fully saturated rings. The topological polar surface area (TPSA) is 66.0 Å². The number of sulfonamides is 1. The molecule has 0 spiro atoms. The summed E-state index contributed by atoms with van der Waals surface area (Å²) in [6.07, 6.45) is 4.12. The van der Waals surface area contributed by atoms with Crippen LogP contribution in [0.15, 0.2) is 6.20 Å². The van der Waals surface area contributed by atoms with Gasteiger partial charge in [-0.3, -0.25) is 4.90 Å². The second-order valence-corrected chi connectivity index (χ2v) is 9.08. The molecular weight excluding hydrogens is 336 g/mol. The van der Waals surface area contributed by atoms with Gasteiger partial charge in [-0.1, -0.05) is 0 Å². The van der Waals surface area contributed by atoms with Crippen molar-refractivity contribution in [2.24, 2.45) is 0 Å². The quantitative estimate of drug-likeness (QED) is 0.777. The van der Waals surface area contributed by atoms with E-state index in [-0.39, 0.29) is 0 Å². The molecular formula is C14H24N4O3S2. The van der Waals surface area contributed by atoms with Gasteiger partial charge in [0, 0.05) is 50.3 Å². The molecule has 0 amide bonds. The van der Waals surface area contributed by atoms with Gasteiger partial charge in [-0.05, 0) is 13.0 Å². The third-order valence-electron chi connectivity index (χ3n) is 4.22. The molecule has 7 nitrogen and oxygen atoms in total. The molecule has 0 N–H and O–H groups in total.